The molecule has 1 aliphatic heterocycles. The second-order valence-corrected chi connectivity index (χ2v) is 9.85. The number of hydrogen-bond donors (Lipinski definition) is 0. The molecule has 150 valence electrons. The molecule has 1 atom stereocenters. The molecule has 0 radical (unpaired) electrons. The van der Waals surface area contributed by atoms with Gasteiger partial charge in [-0.15, -0.1) is 0 Å². The highest BCUT2D eigenvalue weighted by Gasteiger charge is 2.26. The Morgan fingerprint density at radius 3 is 2.43 bits per heavy atom. The van der Waals surface area contributed by atoms with E-state index in [-0.39, 0.29) is 16.2 Å². The summed E-state index contributed by atoms with van der Waals surface area (Å²) in [7, 11) is -3.56. The fraction of sp³-hybridized carbons (Fsp3) is 0.368. The summed E-state index contributed by atoms with van der Waals surface area (Å²) in [6, 6.07) is 6.05. The van der Waals surface area contributed by atoms with E-state index in [2.05, 4.69) is 4.98 Å². The van der Waals surface area contributed by atoms with Gasteiger partial charge < -0.3 is 0 Å². The molecule has 1 aromatic heterocycles. The van der Waals surface area contributed by atoms with Crippen LogP contribution in [0.25, 0.3) is 0 Å². The Kier molecular flexibility index (Phi) is 6.47. The molecule has 1 aliphatic rings. The molecule has 0 amide bonds. The average molecular weight is 427 g/mol. The van der Waals surface area contributed by atoms with Crippen LogP contribution in [0.15, 0.2) is 46.5 Å². The van der Waals surface area contributed by atoms with Crippen LogP contribution in [0.4, 0.5) is 8.78 Å². The topological polar surface area (TPSA) is 67.3 Å². The van der Waals surface area contributed by atoms with Crippen molar-refractivity contribution < 1.29 is 22.0 Å². The summed E-state index contributed by atoms with van der Waals surface area (Å²) < 4.78 is 53.1. The predicted molar refractivity (Wildman–Crippen MR) is 103 cm³/mol. The molecule has 28 heavy (non-hydrogen) atoms. The molecule has 0 aliphatic carbocycles. The summed E-state index contributed by atoms with van der Waals surface area (Å²) in [6.45, 7) is 2.66. The van der Waals surface area contributed by atoms with E-state index in [1.807, 2.05) is 0 Å². The van der Waals surface area contributed by atoms with Crippen molar-refractivity contribution in [2.24, 2.45) is 0 Å². The van der Waals surface area contributed by atoms with Crippen LogP contribution in [0.3, 0.4) is 0 Å². The Bertz CT molecular complexity index is 960. The number of Topliss-reactive ketones (excluding diaryl/α,β-unsaturated/α-hetero) is 1. The van der Waals surface area contributed by atoms with Gasteiger partial charge in [0.05, 0.1) is 10.3 Å². The number of aromatic nitrogens is 1. The van der Waals surface area contributed by atoms with Gasteiger partial charge in [-0.25, -0.2) is 22.2 Å². The SMILES string of the molecule is C[C@H](Sc1ccc(S(=O)(=O)N2CCCCC2)cn1)C(=O)c1ccc(F)c(F)c1. The van der Waals surface area contributed by atoms with Gasteiger partial charge in [-0.05, 0) is 50.1 Å². The molecule has 2 aromatic rings. The zero-order valence-electron chi connectivity index (χ0n) is 15.3. The molecule has 0 saturated carbocycles. The Morgan fingerprint density at radius 1 is 1.11 bits per heavy atom. The highest BCUT2D eigenvalue weighted by Crippen LogP contribution is 2.26. The average Bonchev–Trinajstić information content (AvgIpc) is 2.70. The number of rotatable bonds is 6. The number of hydrogen-bond acceptors (Lipinski definition) is 5. The Balaban J connectivity index is 1.69. The lowest BCUT2D eigenvalue weighted by Crippen LogP contribution is -2.35. The fourth-order valence-corrected chi connectivity index (χ4v) is 5.29. The van der Waals surface area contributed by atoms with Crippen LogP contribution in [0.5, 0.6) is 0 Å². The lowest BCUT2D eigenvalue weighted by molar-refractivity contribution is 0.0993. The minimum absolute atomic E-state index is 0.0724. The zero-order valence-corrected chi connectivity index (χ0v) is 16.9. The first kappa shape index (κ1) is 20.9. The smallest absolute Gasteiger partial charge is 0.244 e. The molecular weight excluding hydrogens is 406 g/mol. The highest BCUT2D eigenvalue weighted by molar-refractivity contribution is 8.00. The predicted octanol–water partition coefficient (Wildman–Crippen LogP) is 3.90. The van der Waals surface area contributed by atoms with Crippen LogP contribution in [0, 0.1) is 11.6 Å². The van der Waals surface area contributed by atoms with Gasteiger partial charge in [-0.3, -0.25) is 4.79 Å². The number of benzene rings is 1. The summed E-state index contributed by atoms with van der Waals surface area (Å²) in [5.41, 5.74) is 0.0724. The van der Waals surface area contributed by atoms with Crippen LogP contribution in [0.2, 0.25) is 0 Å². The number of ketones is 1. The molecule has 0 N–H and O–H groups in total. The number of sulfonamides is 1. The summed E-state index contributed by atoms with van der Waals surface area (Å²) in [5, 5.41) is -0.122. The standard InChI is InChI=1S/C19H20F2N2O3S2/c1-13(19(24)14-5-7-16(20)17(21)11-14)27-18-8-6-15(12-22-18)28(25,26)23-9-3-2-4-10-23/h5-8,11-13H,2-4,9-10H2,1H3/t13-/m0/s1. The normalized spacial score (nSPS) is 16.7. The maximum Gasteiger partial charge on any atom is 0.244 e. The number of halogens is 2. The lowest BCUT2D eigenvalue weighted by atomic mass is 10.1. The maximum atomic E-state index is 13.3. The minimum atomic E-state index is -3.56. The first-order valence-electron chi connectivity index (χ1n) is 8.91. The van der Waals surface area contributed by atoms with E-state index < -0.39 is 26.9 Å². The van der Waals surface area contributed by atoms with E-state index in [0.717, 1.165) is 43.2 Å². The monoisotopic (exact) mass is 426 g/mol. The summed E-state index contributed by atoms with van der Waals surface area (Å²) >= 11 is 1.13. The van der Waals surface area contributed by atoms with Gasteiger partial charge in [0.1, 0.15) is 4.90 Å². The fourth-order valence-electron chi connectivity index (χ4n) is 2.96. The molecule has 2 heterocycles. The zero-order chi connectivity index (χ0) is 20.3. The number of nitrogens with zero attached hydrogens (tertiary/aromatic N) is 2. The van der Waals surface area contributed by atoms with Crippen molar-refractivity contribution in [1.29, 1.82) is 0 Å². The quantitative estimate of drug-likeness (QED) is 0.518. The molecule has 0 unspecified atom stereocenters. The van der Waals surface area contributed by atoms with E-state index >= 15 is 0 Å². The number of piperidine rings is 1. The van der Waals surface area contributed by atoms with Crippen molar-refractivity contribution in [3.05, 3.63) is 53.7 Å². The van der Waals surface area contributed by atoms with Crippen LogP contribution in [0.1, 0.15) is 36.5 Å². The molecule has 0 spiro atoms. The Labute approximate surface area is 167 Å². The third-order valence-corrected chi connectivity index (χ3v) is 7.47. The molecule has 5 nitrogen and oxygen atoms in total. The van der Waals surface area contributed by atoms with Crippen LogP contribution in [-0.2, 0) is 10.0 Å². The number of thioether (sulfide) groups is 1. The van der Waals surface area contributed by atoms with Crippen LogP contribution in [-0.4, -0.2) is 41.8 Å². The van der Waals surface area contributed by atoms with Crippen molar-refractivity contribution >= 4 is 27.6 Å². The number of pyridine rings is 1. The van der Waals surface area contributed by atoms with E-state index in [1.165, 1.54) is 22.6 Å². The molecule has 1 fully saturated rings. The summed E-state index contributed by atoms with van der Waals surface area (Å²) in [6.07, 6.45) is 4.03. The largest absolute Gasteiger partial charge is 0.293 e. The van der Waals surface area contributed by atoms with Gasteiger partial charge in [-0.2, -0.15) is 4.31 Å². The van der Waals surface area contributed by atoms with Crippen LogP contribution < -0.4 is 0 Å². The van der Waals surface area contributed by atoms with E-state index in [4.69, 9.17) is 0 Å². The molecule has 0 bridgehead atoms. The Morgan fingerprint density at radius 2 is 1.82 bits per heavy atom. The molecular formula is C19H20F2N2O3S2. The summed E-state index contributed by atoms with van der Waals surface area (Å²) in [4.78, 5) is 16.7. The van der Waals surface area contributed by atoms with E-state index in [1.54, 1.807) is 13.0 Å². The first-order valence-corrected chi connectivity index (χ1v) is 11.2. The third kappa shape index (κ3) is 4.59. The van der Waals surface area contributed by atoms with Crippen molar-refractivity contribution in [2.45, 2.75) is 41.4 Å². The van der Waals surface area contributed by atoms with Crippen molar-refractivity contribution in [3.8, 4) is 0 Å². The lowest BCUT2D eigenvalue weighted by Gasteiger charge is -2.25. The Hall–Kier alpha value is -1.84. The highest BCUT2D eigenvalue weighted by atomic mass is 32.2. The van der Waals surface area contributed by atoms with Crippen molar-refractivity contribution in [1.82, 2.24) is 9.29 Å². The minimum Gasteiger partial charge on any atom is -0.293 e. The van der Waals surface area contributed by atoms with Gasteiger partial charge >= 0.3 is 0 Å². The van der Waals surface area contributed by atoms with Gasteiger partial charge in [-0.1, -0.05) is 18.2 Å². The number of carbonyl (C=O) groups excluding carboxylic acids is 1. The van der Waals surface area contributed by atoms with Gasteiger partial charge in [0.2, 0.25) is 10.0 Å². The molecule has 3 rings (SSSR count). The van der Waals surface area contributed by atoms with Crippen molar-refractivity contribution in [3.63, 3.8) is 0 Å². The molecule has 1 saturated heterocycles. The van der Waals surface area contributed by atoms with Crippen molar-refractivity contribution in [2.75, 3.05) is 13.1 Å². The van der Waals surface area contributed by atoms with E-state index in [0.29, 0.717) is 18.1 Å². The van der Waals surface area contributed by atoms with Crippen LogP contribution >= 0.6 is 11.8 Å². The maximum absolute atomic E-state index is 13.3. The summed E-state index contributed by atoms with van der Waals surface area (Å²) in [5.74, 6) is -2.45. The van der Waals surface area contributed by atoms with Gasteiger partial charge in [0, 0.05) is 24.8 Å². The molecule has 9 heteroatoms. The number of carbonyl (C=O) groups is 1. The van der Waals surface area contributed by atoms with Gasteiger partial charge in [0.15, 0.2) is 17.4 Å². The third-order valence-electron chi connectivity index (χ3n) is 4.53. The molecule has 1 aromatic carbocycles. The first-order chi connectivity index (χ1) is 13.3. The second-order valence-electron chi connectivity index (χ2n) is 6.55. The van der Waals surface area contributed by atoms with E-state index in [9.17, 15) is 22.0 Å². The van der Waals surface area contributed by atoms with Gasteiger partial charge in [0.25, 0.3) is 0 Å². The second kappa shape index (κ2) is 8.67.